The molecule has 1 rings (SSSR count). The topological polar surface area (TPSA) is 53.7 Å². The second-order valence-electron chi connectivity index (χ2n) is 3.55. The Bertz CT molecular complexity index is 328. The van der Waals surface area contributed by atoms with E-state index in [-0.39, 0.29) is 6.10 Å². The first-order valence-electron chi connectivity index (χ1n) is 5.23. The summed E-state index contributed by atoms with van der Waals surface area (Å²) in [5.74, 6) is 1.41. The molecule has 0 aliphatic carbocycles. The number of rotatable bonds is 6. The van der Waals surface area contributed by atoms with Gasteiger partial charge in [0, 0.05) is 13.7 Å². The molecule has 1 unspecified atom stereocenters. The average Bonchev–Trinajstić information content (AvgIpc) is 2.35. The molecule has 2 N–H and O–H groups in total. The van der Waals surface area contributed by atoms with E-state index < -0.39 is 0 Å². The van der Waals surface area contributed by atoms with Crippen LogP contribution in [-0.4, -0.2) is 26.9 Å². The monoisotopic (exact) mass is 225 g/mol. The molecule has 0 bridgehead atoms. The van der Waals surface area contributed by atoms with Gasteiger partial charge in [-0.2, -0.15) is 0 Å². The smallest absolute Gasteiger partial charge is 0.161 e. The van der Waals surface area contributed by atoms with Gasteiger partial charge in [0.2, 0.25) is 0 Å². The van der Waals surface area contributed by atoms with Crippen LogP contribution in [0, 0.1) is 0 Å². The molecule has 0 aliphatic rings. The van der Waals surface area contributed by atoms with E-state index in [1.54, 1.807) is 14.2 Å². The van der Waals surface area contributed by atoms with E-state index in [4.69, 9.17) is 19.9 Å². The molecule has 0 radical (unpaired) electrons. The lowest BCUT2D eigenvalue weighted by molar-refractivity contribution is 0.0706. The Kier molecular flexibility index (Phi) is 5.08. The number of methoxy groups -OCH3 is 2. The van der Waals surface area contributed by atoms with Gasteiger partial charge in [0.25, 0.3) is 0 Å². The van der Waals surface area contributed by atoms with E-state index in [2.05, 4.69) is 0 Å². The van der Waals surface area contributed by atoms with E-state index in [1.165, 1.54) is 0 Å². The van der Waals surface area contributed by atoms with E-state index in [0.717, 1.165) is 5.56 Å². The zero-order valence-corrected chi connectivity index (χ0v) is 10.0. The molecule has 0 amide bonds. The average molecular weight is 225 g/mol. The molecule has 0 aromatic heterocycles. The Hall–Kier alpha value is -1.26. The Balaban J connectivity index is 2.75. The number of ether oxygens (including phenoxy) is 3. The second kappa shape index (κ2) is 6.35. The van der Waals surface area contributed by atoms with E-state index in [1.807, 2.05) is 25.1 Å². The molecule has 1 atom stereocenters. The number of hydrogen-bond donors (Lipinski definition) is 1. The van der Waals surface area contributed by atoms with Crippen molar-refractivity contribution in [1.29, 1.82) is 0 Å². The minimum absolute atomic E-state index is 0.0474. The van der Waals surface area contributed by atoms with Gasteiger partial charge in [0.05, 0.1) is 13.2 Å². The van der Waals surface area contributed by atoms with Crippen LogP contribution in [0.25, 0.3) is 0 Å². The third-order valence-electron chi connectivity index (χ3n) is 2.34. The molecular formula is C12H19NO3. The maximum absolute atomic E-state index is 5.62. The first-order chi connectivity index (χ1) is 7.71. The highest BCUT2D eigenvalue weighted by Gasteiger charge is 2.07. The standard InChI is InChI=1S/C12H19NO3/c1-9(14-2)8-16-12-6-10(7-13)4-5-11(12)15-3/h4-6,9H,7-8,13H2,1-3H3. The van der Waals surface area contributed by atoms with Gasteiger partial charge in [-0.05, 0) is 24.6 Å². The molecule has 0 spiro atoms. The third kappa shape index (κ3) is 3.40. The molecule has 0 saturated carbocycles. The van der Waals surface area contributed by atoms with Crippen LogP contribution in [-0.2, 0) is 11.3 Å². The lowest BCUT2D eigenvalue weighted by Crippen LogP contribution is -2.16. The summed E-state index contributed by atoms with van der Waals surface area (Å²) in [6.45, 7) is 2.92. The van der Waals surface area contributed by atoms with Crippen LogP contribution in [0.3, 0.4) is 0 Å². The van der Waals surface area contributed by atoms with Crippen molar-refractivity contribution in [3.05, 3.63) is 23.8 Å². The van der Waals surface area contributed by atoms with Crippen molar-refractivity contribution < 1.29 is 14.2 Å². The molecule has 0 aliphatic heterocycles. The molecule has 16 heavy (non-hydrogen) atoms. The lowest BCUT2D eigenvalue weighted by atomic mass is 10.2. The minimum atomic E-state index is 0.0474. The van der Waals surface area contributed by atoms with Gasteiger partial charge in [-0.3, -0.25) is 0 Å². The van der Waals surface area contributed by atoms with Gasteiger partial charge in [-0.1, -0.05) is 6.07 Å². The van der Waals surface area contributed by atoms with Gasteiger partial charge in [-0.25, -0.2) is 0 Å². The second-order valence-corrected chi connectivity index (χ2v) is 3.55. The summed E-state index contributed by atoms with van der Waals surface area (Å²) in [6, 6.07) is 5.67. The molecule has 0 fully saturated rings. The molecule has 0 saturated heterocycles. The van der Waals surface area contributed by atoms with E-state index in [9.17, 15) is 0 Å². The number of benzene rings is 1. The fraction of sp³-hybridized carbons (Fsp3) is 0.500. The summed E-state index contributed by atoms with van der Waals surface area (Å²) in [7, 11) is 3.27. The predicted molar refractivity (Wildman–Crippen MR) is 62.9 cm³/mol. The summed E-state index contributed by atoms with van der Waals surface area (Å²) < 4.78 is 15.9. The minimum Gasteiger partial charge on any atom is -0.493 e. The van der Waals surface area contributed by atoms with Crippen molar-refractivity contribution in [2.24, 2.45) is 5.73 Å². The quantitative estimate of drug-likeness (QED) is 0.798. The maximum Gasteiger partial charge on any atom is 0.161 e. The summed E-state index contributed by atoms with van der Waals surface area (Å²) in [6.07, 6.45) is 0.0474. The van der Waals surface area contributed by atoms with Gasteiger partial charge in [0.1, 0.15) is 6.61 Å². The first-order valence-corrected chi connectivity index (χ1v) is 5.23. The summed E-state index contributed by atoms with van der Waals surface area (Å²) in [5.41, 5.74) is 6.59. The maximum atomic E-state index is 5.62. The highest BCUT2D eigenvalue weighted by atomic mass is 16.5. The van der Waals surface area contributed by atoms with Gasteiger partial charge >= 0.3 is 0 Å². The summed E-state index contributed by atoms with van der Waals surface area (Å²) in [5, 5.41) is 0. The van der Waals surface area contributed by atoms with Gasteiger partial charge < -0.3 is 19.9 Å². The zero-order valence-electron chi connectivity index (χ0n) is 10.0. The number of nitrogens with two attached hydrogens (primary N) is 1. The molecule has 4 nitrogen and oxygen atoms in total. The van der Waals surface area contributed by atoms with E-state index >= 15 is 0 Å². The van der Waals surface area contributed by atoms with Crippen LogP contribution < -0.4 is 15.2 Å². The SMILES string of the molecule is COc1ccc(CN)cc1OCC(C)OC. The fourth-order valence-electron chi connectivity index (χ4n) is 1.24. The normalized spacial score (nSPS) is 12.2. The Labute approximate surface area is 96.3 Å². The fourth-order valence-corrected chi connectivity index (χ4v) is 1.24. The largest absolute Gasteiger partial charge is 0.493 e. The number of hydrogen-bond acceptors (Lipinski definition) is 4. The van der Waals surface area contributed by atoms with Gasteiger partial charge in [0.15, 0.2) is 11.5 Å². The summed E-state index contributed by atoms with van der Waals surface area (Å²) >= 11 is 0. The molecule has 1 aromatic rings. The molecule has 0 heterocycles. The first kappa shape index (κ1) is 12.8. The molecule has 4 heteroatoms. The van der Waals surface area contributed by atoms with Crippen LogP contribution in [0.1, 0.15) is 12.5 Å². The van der Waals surface area contributed by atoms with Crippen molar-refractivity contribution in [3.63, 3.8) is 0 Å². The lowest BCUT2D eigenvalue weighted by Gasteiger charge is -2.14. The van der Waals surface area contributed by atoms with Crippen LogP contribution >= 0.6 is 0 Å². The third-order valence-corrected chi connectivity index (χ3v) is 2.34. The van der Waals surface area contributed by atoms with Crippen molar-refractivity contribution in [2.75, 3.05) is 20.8 Å². The summed E-state index contributed by atoms with van der Waals surface area (Å²) in [4.78, 5) is 0. The molecular weight excluding hydrogens is 206 g/mol. The Morgan fingerprint density at radius 3 is 2.56 bits per heavy atom. The molecule has 1 aromatic carbocycles. The van der Waals surface area contributed by atoms with Crippen molar-refractivity contribution in [3.8, 4) is 11.5 Å². The zero-order chi connectivity index (χ0) is 12.0. The van der Waals surface area contributed by atoms with Crippen molar-refractivity contribution in [1.82, 2.24) is 0 Å². The van der Waals surface area contributed by atoms with Crippen molar-refractivity contribution in [2.45, 2.75) is 19.6 Å². The van der Waals surface area contributed by atoms with Crippen LogP contribution in [0.4, 0.5) is 0 Å². The Morgan fingerprint density at radius 1 is 1.25 bits per heavy atom. The van der Waals surface area contributed by atoms with E-state index in [0.29, 0.717) is 24.7 Å². The van der Waals surface area contributed by atoms with Crippen LogP contribution in [0.2, 0.25) is 0 Å². The molecule has 90 valence electrons. The van der Waals surface area contributed by atoms with Gasteiger partial charge in [-0.15, -0.1) is 0 Å². The highest BCUT2D eigenvalue weighted by molar-refractivity contribution is 5.42. The Morgan fingerprint density at radius 2 is 2.00 bits per heavy atom. The predicted octanol–water partition coefficient (Wildman–Crippen LogP) is 1.57. The van der Waals surface area contributed by atoms with Crippen LogP contribution in [0.15, 0.2) is 18.2 Å². The highest BCUT2D eigenvalue weighted by Crippen LogP contribution is 2.28. The van der Waals surface area contributed by atoms with Crippen LogP contribution in [0.5, 0.6) is 11.5 Å². The van der Waals surface area contributed by atoms with Crippen molar-refractivity contribution >= 4 is 0 Å².